The van der Waals surface area contributed by atoms with Gasteiger partial charge in [-0.25, -0.2) is 0 Å². The van der Waals surface area contributed by atoms with Gasteiger partial charge in [-0.05, 0) is 6.07 Å². The summed E-state index contributed by atoms with van der Waals surface area (Å²) in [7, 11) is 3.00. The lowest BCUT2D eigenvalue weighted by molar-refractivity contribution is 0.356. The zero-order valence-electron chi connectivity index (χ0n) is 7.90. The molecule has 1 aromatic carbocycles. The lowest BCUT2D eigenvalue weighted by atomic mass is 10.2. The van der Waals surface area contributed by atoms with Gasteiger partial charge < -0.3 is 15.2 Å². The highest BCUT2D eigenvalue weighted by Crippen LogP contribution is 2.33. The third kappa shape index (κ3) is 2.21. The molecule has 0 heterocycles. The van der Waals surface area contributed by atoms with Crippen molar-refractivity contribution in [2.45, 2.75) is 0 Å². The predicted molar refractivity (Wildman–Crippen MR) is 55.9 cm³/mol. The molecule has 0 fully saturated rings. The summed E-state index contributed by atoms with van der Waals surface area (Å²) in [6.07, 6.45) is 0. The number of rotatable bonds is 2. The second-order valence-corrected chi connectivity index (χ2v) is 2.41. The van der Waals surface area contributed by atoms with Crippen LogP contribution in [0.25, 0.3) is 0 Å². The second-order valence-electron chi connectivity index (χ2n) is 2.41. The molecule has 0 atom stereocenters. The molecule has 0 aliphatic heterocycles. The van der Waals surface area contributed by atoms with E-state index in [1.165, 1.54) is 14.2 Å². The zero-order valence-corrected chi connectivity index (χ0v) is 8.72. The van der Waals surface area contributed by atoms with E-state index < -0.39 is 0 Å². The number of anilines is 1. The number of halogens is 1. The fourth-order valence-electron chi connectivity index (χ4n) is 1.06. The standard InChI is InChI=1S/C9H10N2O2.ClH/c1-12-8-4-6(5-10)3-7(11)9(8)13-2;/h3-4H,11H2,1-2H3;1H. The van der Waals surface area contributed by atoms with Gasteiger partial charge in [0.05, 0.1) is 31.5 Å². The van der Waals surface area contributed by atoms with Crippen molar-refractivity contribution in [2.24, 2.45) is 0 Å². The van der Waals surface area contributed by atoms with Gasteiger partial charge in [-0.15, -0.1) is 12.4 Å². The molecule has 76 valence electrons. The van der Waals surface area contributed by atoms with Gasteiger partial charge >= 0.3 is 0 Å². The molecule has 2 N–H and O–H groups in total. The second kappa shape index (κ2) is 5.20. The number of hydrogen-bond acceptors (Lipinski definition) is 4. The average Bonchev–Trinajstić information content (AvgIpc) is 2.16. The van der Waals surface area contributed by atoms with E-state index >= 15 is 0 Å². The Bertz CT molecular complexity index is 361. The first-order valence-electron chi connectivity index (χ1n) is 3.64. The largest absolute Gasteiger partial charge is 0.493 e. The first-order valence-corrected chi connectivity index (χ1v) is 3.64. The van der Waals surface area contributed by atoms with Crippen LogP contribution in [0.2, 0.25) is 0 Å². The number of ether oxygens (including phenoxy) is 2. The molecular weight excluding hydrogens is 204 g/mol. The maximum atomic E-state index is 8.64. The number of nitrogens with two attached hydrogens (primary N) is 1. The normalized spacial score (nSPS) is 8.36. The molecule has 0 aliphatic carbocycles. The molecule has 0 bridgehead atoms. The van der Waals surface area contributed by atoms with Crippen LogP contribution in [-0.2, 0) is 0 Å². The van der Waals surface area contributed by atoms with Crippen LogP contribution in [-0.4, -0.2) is 14.2 Å². The van der Waals surface area contributed by atoms with E-state index in [1.54, 1.807) is 12.1 Å². The molecule has 0 radical (unpaired) electrons. The van der Waals surface area contributed by atoms with Crippen LogP contribution in [0.3, 0.4) is 0 Å². The molecule has 4 nitrogen and oxygen atoms in total. The Hall–Kier alpha value is -1.60. The summed E-state index contributed by atoms with van der Waals surface area (Å²) < 4.78 is 10.0. The molecule has 14 heavy (non-hydrogen) atoms. The predicted octanol–water partition coefficient (Wildman–Crippen LogP) is 1.58. The van der Waals surface area contributed by atoms with Crippen LogP contribution in [0.1, 0.15) is 5.56 Å². The third-order valence-electron chi connectivity index (χ3n) is 1.64. The van der Waals surface area contributed by atoms with Gasteiger partial charge in [0.1, 0.15) is 0 Å². The fraction of sp³-hybridized carbons (Fsp3) is 0.222. The quantitative estimate of drug-likeness (QED) is 0.759. The zero-order chi connectivity index (χ0) is 9.84. The van der Waals surface area contributed by atoms with Crippen LogP contribution < -0.4 is 15.2 Å². The van der Waals surface area contributed by atoms with E-state index in [4.69, 9.17) is 20.5 Å². The Morgan fingerprint density at radius 1 is 1.29 bits per heavy atom. The summed E-state index contributed by atoms with van der Waals surface area (Å²) in [6.45, 7) is 0. The van der Waals surface area contributed by atoms with Gasteiger partial charge in [-0.2, -0.15) is 5.26 Å². The molecular formula is C9H11ClN2O2. The topological polar surface area (TPSA) is 68.3 Å². The minimum atomic E-state index is 0. The summed E-state index contributed by atoms with van der Waals surface area (Å²) in [5.74, 6) is 0.931. The number of nitrogen functional groups attached to an aromatic ring is 1. The van der Waals surface area contributed by atoms with Crippen molar-refractivity contribution in [2.75, 3.05) is 20.0 Å². The monoisotopic (exact) mass is 214 g/mol. The van der Waals surface area contributed by atoms with E-state index in [0.29, 0.717) is 22.7 Å². The minimum absolute atomic E-state index is 0. The first-order chi connectivity index (χ1) is 6.22. The van der Waals surface area contributed by atoms with E-state index in [0.717, 1.165) is 0 Å². The first kappa shape index (κ1) is 12.4. The molecule has 0 aliphatic rings. The van der Waals surface area contributed by atoms with Gasteiger partial charge in [0.2, 0.25) is 0 Å². The van der Waals surface area contributed by atoms with Crippen LogP contribution >= 0.6 is 12.4 Å². The number of methoxy groups -OCH3 is 2. The Kier molecular flexibility index (Phi) is 4.60. The molecule has 0 saturated carbocycles. The van der Waals surface area contributed by atoms with Crippen LogP contribution in [0.4, 0.5) is 5.69 Å². The summed E-state index contributed by atoms with van der Waals surface area (Å²) in [5.41, 5.74) is 6.48. The maximum absolute atomic E-state index is 8.64. The van der Waals surface area contributed by atoms with Crippen molar-refractivity contribution in [1.82, 2.24) is 0 Å². The van der Waals surface area contributed by atoms with Gasteiger partial charge in [0, 0.05) is 6.07 Å². The van der Waals surface area contributed by atoms with Crippen LogP contribution in [0, 0.1) is 11.3 Å². The summed E-state index contributed by atoms with van der Waals surface area (Å²) in [5, 5.41) is 8.64. The van der Waals surface area contributed by atoms with E-state index in [-0.39, 0.29) is 12.4 Å². The highest BCUT2D eigenvalue weighted by molar-refractivity contribution is 5.85. The highest BCUT2D eigenvalue weighted by Gasteiger charge is 2.09. The van der Waals surface area contributed by atoms with Crippen molar-refractivity contribution >= 4 is 18.1 Å². The van der Waals surface area contributed by atoms with Gasteiger partial charge in [-0.1, -0.05) is 0 Å². The number of benzene rings is 1. The van der Waals surface area contributed by atoms with Gasteiger partial charge in [0.15, 0.2) is 11.5 Å². The molecule has 1 rings (SSSR count). The maximum Gasteiger partial charge on any atom is 0.183 e. The average molecular weight is 215 g/mol. The Balaban J connectivity index is 0.00000169. The Morgan fingerprint density at radius 2 is 1.93 bits per heavy atom. The van der Waals surface area contributed by atoms with Crippen molar-refractivity contribution in [3.8, 4) is 17.6 Å². The van der Waals surface area contributed by atoms with Crippen molar-refractivity contribution in [3.05, 3.63) is 17.7 Å². The number of hydrogen-bond donors (Lipinski definition) is 1. The SMILES string of the molecule is COc1cc(C#N)cc(N)c1OC.Cl. The molecule has 0 unspecified atom stereocenters. The smallest absolute Gasteiger partial charge is 0.183 e. The van der Waals surface area contributed by atoms with E-state index in [2.05, 4.69) is 0 Å². The van der Waals surface area contributed by atoms with Crippen LogP contribution in [0.15, 0.2) is 12.1 Å². The third-order valence-corrected chi connectivity index (χ3v) is 1.64. The molecule has 1 aromatic rings. The van der Waals surface area contributed by atoms with Gasteiger partial charge in [0.25, 0.3) is 0 Å². The minimum Gasteiger partial charge on any atom is -0.493 e. The highest BCUT2D eigenvalue weighted by atomic mass is 35.5. The lowest BCUT2D eigenvalue weighted by Crippen LogP contribution is -1.97. The molecule has 0 saturated heterocycles. The van der Waals surface area contributed by atoms with Gasteiger partial charge in [-0.3, -0.25) is 0 Å². The van der Waals surface area contributed by atoms with E-state index in [9.17, 15) is 0 Å². The van der Waals surface area contributed by atoms with E-state index in [1.807, 2.05) is 6.07 Å². The molecule has 0 spiro atoms. The van der Waals surface area contributed by atoms with Crippen molar-refractivity contribution in [1.29, 1.82) is 5.26 Å². The Morgan fingerprint density at radius 3 is 2.36 bits per heavy atom. The summed E-state index contributed by atoms with van der Waals surface area (Å²) in [4.78, 5) is 0. The lowest BCUT2D eigenvalue weighted by Gasteiger charge is -2.09. The molecule has 0 aromatic heterocycles. The molecule has 5 heteroatoms. The van der Waals surface area contributed by atoms with Crippen molar-refractivity contribution < 1.29 is 9.47 Å². The van der Waals surface area contributed by atoms with Crippen LogP contribution in [0.5, 0.6) is 11.5 Å². The fourth-order valence-corrected chi connectivity index (χ4v) is 1.06. The number of nitrogens with zero attached hydrogens (tertiary/aromatic N) is 1. The number of nitriles is 1. The van der Waals surface area contributed by atoms with Crippen molar-refractivity contribution in [3.63, 3.8) is 0 Å². The summed E-state index contributed by atoms with van der Waals surface area (Å²) >= 11 is 0. The summed E-state index contributed by atoms with van der Waals surface area (Å²) in [6, 6.07) is 5.10. The molecule has 0 amide bonds. The Labute approximate surface area is 88.6 Å².